The summed E-state index contributed by atoms with van der Waals surface area (Å²) in [6.07, 6.45) is 3.11. The van der Waals surface area contributed by atoms with E-state index >= 15 is 0 Å². The summed E-state index contributed by atoms with van der Waals surface area (Å²) in [6.45, 7) is 4.78. The predicted octanol–water partition coefficient (Wildman–Crippen LogP) is 6.29. The molecule has 6 rings (SSSR count). The molecule has 0 bridgehead atoms. The Bertz CT molecular complexity index is 1660. The van der Waals surface area contributed by atoms with Gasteiger partial charge < -0.3 is 15.0 Å². The van der Waals surface area contributed by atoms with Crippen LogP contribution in [-0.2, 0) is 16.1 Å². The van der Waals surface area contributed by atoms with Gasteiger partial charge in [0.2, 0.25) is 5.88 Å². The smallest absolute Gasteiger partial charge is 0.205 e. The van der Waals surface area contributed by atoms with Crippen molar-refractivity contribution < 1.29 is 9.53 Å². The molecule has 36 heavy (non-hydrogen) atoms. The van der Waals surface area contributed by atoms with E-state index in [-0.39, 0.29) is 17.1 Å². The normalized spacial score (nSPS) is 19.4. The first-order valence-electron chi connectivity index (χ1n) is 12.2. The van der Waals surface area contributed by atoms with Crippen LogP contribution in [0, 0.1) is 16.7 Å². The Morgan fingerprint density at radius 3 is 2.56 bits per heavy atom. The van der Waals surface area contributed by atoms with Crippen LogP contribution < -0.4 is 5.73 Å². The van der Waals surface area contributed by atoms with Gasteiger partial charge in [0.1, 0.15) is 17.4 Å². The van der Waals surface area contributed by atoms with Crippen LogP contribution in [0.1, 0.15) is 43.7 Å². The van der Waals surface area contributed by atoms with Crippen molar-refractivity contribution in [3.05, 3.63) is 107 Å². The van der Waals surface area contributed by atoms with E-state index in [2.05, 4.69) is 79.2 Å². The van der Waals surface area contributed by atoms with E-state index < -0.39 is 5.92 Å². The number of carbonyl (C=O) groups is 1. The summed E-state index contributed by atoms with van der Waals surface area (Å²) in [5.74, 6) is 0.180. The van der Waals surface area contributed by atoms with Gasteiger partial charge in [-0.1, -0.05) is 74.5 Å². The molecule has 1 atom stereocenters. The molecule has 2 aliphatic rings. The molecule has 1 aromatic heterocycles. The molecule has 2 heterocycles. The molecular formula is C31H27N3O2. The van der Waals surface area contributed by atoms with E-state index in [0.717, 1.165) is 16.5 Å². The van der Waals surface area contributed by atoms with Crippen molar-refractivity contribution in [3.63, 3.8) is 0 Å². The average molecular weight is 474 g/mol. The summed E-state index contributed by atoms with van der Waals surface area (Å²) in [7, 11) is 0. The minimum absolute atomic E-state index is 0.0254. The van der Waals surface area contributed by atoms with E-state index in [1.807, 2.05) is 18.2 Å². The molecule has 3 aromatic carbocycles. The van der Waals surface area contributed by atoms with Gasteiger partial charge in [0.15, 0.2) is 5.78 Å². The maximum absolute atomic E-state index is 13.5. The van der Waals surface area contributed by atoms with Crippen LogP contribution in [0.2, 0.25) is 0 Å². The molecule has 1 unspecified atom stereocenters. The zero-order chi connectivity index (χ0) is 25.0. The third-order valence-electron chi connectivity index (χ3n) is 7.43. The van der Waals surface area contributed by atoms with Gasteiger partial charge in [-0.2, -0.15) is 5.26 Å². The molecule has 0 spiro atoms. The minimum Gasteiger partial charge on any atom is -0.444 e. The predicted molar refractivity (Wildman–Crippen MR) is 141 cm³/mol. The summed E-state index contributed by atoms with van der Waals surface area (Å²) in [5, 5.41) is 13.5. The zero-order valence-corrected chi connectivity index (χ0v) is 20.4. The Hall–Kier alpha value is -4.30. The van der Waals surface area contributed by atoms with Crippen LogP contribution in [0.25, 0.3) is 21.7 Å². The highest BCUT2D eigenvalue weighted by Crippen LogP contribution is 2.49. The monoisotopic (exact) mass is 473 g/mol. The molecule has 5 nitrogen and oxygen atoms in total. The van der Waals surface area contributed by atoms with Crippen molar-refractivity contribution in [2.24, 2.45) is 11.1 Å². The standard InChI is InChI=1S/C31H27N3O2/c1-31(2)14-26(35)29-27(15-31)36-30(33)23(16-32)28(29)24-18-34(25-13-6-5-12-22(24)25)17-20-10-7-9-19-8-3-4-11-21(19)20/h3-13,18,28H,14-15,17,33H2,1-2H3. The number of para-hydroxylation sites is 1. The fourth-order valence-electron chi connectivity index (χ4n) is 5.85. The first kappa shape index (κ1) is 22.2. The van der Waals surface area contributed by atoms with Crippen molar-refractivity contribution in [1.82, 2.24) is 4.57 Å². The SMILES string of the molecule is CC1(C)CC(=O)C2=C(C1)OC(N)=C(C#N)C2c1cn(Cc2cccc3ccccc23)c2ccccc12. The van der Waals surface area contributed by atoms with Crippen LogP contribution in [0.3, 0.4) is 0 Å². The lowest BCUT2D eigenvalue weighted by atomic mass is 9.70. The maximum atomic E-state index is 13.5. The number of nitrogens with two attached hydrogens (primary N) is 1. The van der Waals surface area contributed by atoms with Gasteiger partial charge >= 0.3 is 0 Å². The van der Waals surface area contributed by atoms with Crippen LogP contribution in [0.4, 0.5) is 0 Å². The summed E-state index contributed by atoms with van der Waals surface area (Å²) in [6, 6.07) is 25.1. The van der Waals surface area contributed by atoms with E-state index in [1.165, 1.54) is 16.3 Å². The van der Waals surface area contributed by atoms with Crippen LogP contribution in [0.15, 0.2) is 95.7 Å². The lowest BCUT2D eigenvalue weighted by Crippen LogP contribution is -2.33. The Balaban J connectivity index is 1.54. The molecule has 178 valence electrons. The lowest BCUT2D eigenvalue weighted by molar-refractivity contribution is -0.119. The fourth-order valence-corrected chi connectivity index (χ4v) is 5.85. The Morgan fingerprint density at radius 1 is 1.03 bits per heavy atom. The van der Waals surface area contributed by atoms with Crippen molar-refractivity contribution in [3.8, 4) is 6.07 Å². The maximum Gasteiger partial charge on any atom is 0.205 e. The number of rotatable bonds is 3. The highest BCUT2D eigenvalue weighted by molar-refractivity contribution is 6.01. The van der Waals surface area contributed by atoms with E-state index in [0.29, 0.717) is 36.3 Å². The molecule has 0 radical (unpaired) electrons. The molecule has 2 N–H and O–H groups in total. The van der Waals surface area contributed by atoms with Crippen molar-refractivity contribution in [2.45, 2.75) is 39.2 Å². The van der Waals surface area contributed by atoms with E-state index in [9.17, 15) is 10.1 Å². The topological polar surface area (TPSA) is 81.0 Å². The molecule has 4 aromatic rings. The van der Waals surface area contributed by atoms with Gasteiger partial charge in [-0.05, 0) is 33.4 Å². The lowest BCUT2D eigenvalue weighted by Gasteiger charge is -2.37. The molecule has 0 fully saturated rings. The Kier molecular flexibility index (Phi) is 5.01. The number of ketones is 1. The average Bonchev–Trinajstić information content (AvgIpc) is 3.21. The van der Waals surface area contributed by atoms with Crippen molar-refractivity contribution in [1.29, 1.82) is 5.26 Å². The van der Waals surface area contributed by atoms with Crippen LogP contribution in [0.5, 0.6) is 0 Å². The number of nitriles is 1. The van der Waals surface area contributed by atoms with Gasteiger partial charge in [0.25, 0.3) is 0 Å². The molecule has 0 saturated heterocycles. The van der Waals surface area contributed by atoms with Gasteiger partial charge in [0.05, 0.1) is 5.92 Å². The van der Waals surface area contributed by atoms with E-state index in [1.54, 1.807) is 0 Å². The second-order valence-corrected chi connectivity index (χ2v) is 10.6. The number of carbonyl (C=O) groups excluding carboxylic acids is 1. The Labute approximate surface area is 210 Å². The summed E-state index contributed by atoms with van der Waals surface area (Å²) < 4.78 is 8.11. The van der Waals surface area contributed by atoms with Gasteiger partial charge in [-0.25, -0.2) is 0 Å². The zero-order valence-electron chi connectivity index (χ0n) is 20.4. The Morgan fingerprint density at radius 2 is 1.75 bits per heavy atom. The molecule has 5 heteroatoms. The van der Waals surface area contributed by atoms with Gasteiger partial charge in [-0.3, -0.25) is 4.79 Å². The van der Waals surface area contributed by atoms with Crippen molar-refractivity contribution in [2.75, 3.05) is 0 Å². The number of ether oxygens (including phenoxy) is 1. The third-order valence-corrected chi connectivity index (χ3v) is 7.43. The fraction of sp³-hybridized carbons (Fsp3) is 0.226. The number of Topliss-reactive ketones (excluding diaryl/α,β-unsaturated/α-hetero) is 1. The van der Waals surface area contributed by atoms with Crippen LogP contribution in [-0.4, -0.2) is 10.4 Å². The minimum atomic E-state index is -0.541. The molecular weight excluding hydrogens is 446 g/mol. The molecule has 0 saturated carbocycles. The first-order valence-corrected chi connectivity index (χ1v) is 12.2. The van der Waals surface area contributed by atoms with Gasteiger partial charge in [-0.15, -0.1) is 0 Å². The number of nitrogens with zero attached hydrogens (tertiary/aromatic N) is 2. The number of benzene rings is 3. The second kappa shape index (κ2) is 8.13. The van der Waals surface area contributed by atoms with Gasteiger partial charge in [0, 0.05) is 42.1 Å². The molecule has 1 aliphatic heterocycles. The number of hydrogen-bond donors (Lipinski definition) is 1. The first-order chi connectivity index (χ1) is 17.4. The number of fused-ring (bicyclic) bond motifs is 2. The largest absolute Gasteiger partial charge is 0.444 e. The molecule has 1 aliphatic carbocycles. The highest BCUT2D eigenvalue weighted by atomic mass is 16.5. The summed E-state index contributed by atoms with van der Waals surface area (Å²) in [4.78, 5) is 13.5. The second-order valence-electron chi connectivity index (χ2n) is 10.6. The van der Waals surface area contributed by atoms with Crippen LogP contribution >= 0.6 is 0 Å². The third kappa shape index (κ3) is 3.49. The highest BCUT2D eigenvalue weighted by Gasteiger charge is 2.43. The molecule has 0 amide bonds. The number of aromatic nitrogens is 1. The summed E-state index contributed by atoms with van der Waals surface area (Å²) >= 11 is 0. The number of allylic oxidation sites excluding steroid dienone is 3. The van der Waals surface area contributed by atoms with Crippen molar-refractivity contribution >= 4 is 27.5 Å². The number of hydrogen-bond acceptors (Lipinski definition) is 4. The quantitative estimate of drug-likeness (QED) is 0.379. The summed E-state index contributed by atoms with van der Waals surface area (Å²) in [5.41, 5.74) is 10.1. The van der Waals surface area contributed by atoms with E-state index in [4.69, 9.17) is 10.5 Å².